The SMILES string of the molecule is Cc1cc(N(C)CCN(C)C)ncc1[N+](=O)[O-]. The van der Waals surface area contributed by atoms with Crippen molar-refractivity contribution < 1.29 is 4.92 Å². The van der Waals surface area contributed by atoms with Gasteiger partial charge < -0.3 is 9.80 Å². The molecule has 0 fully saturated rings. The number of nitro groups is 1. The topological polar surface area (TPSA) is 62.5 Å². The first-order valence-electron chi connectivity index (χ1n) is 5.38. The predicted octanol–water partition coefficient (Wildman–Crippen LogP) is 1.30. The van der Waals surface area contributed by atoms with Gasteiger partial charge in [0.25, 0.3) is 5.69 Å². The average Bonchev–Trinajstić information content (AvgIpc) is 2.25. The summed E-state index contributed by atoms with van der Waals surface area (Å²) in [6.07, 6.45) is 1.32. The summed E-state index contributed by atoms with van der Waals surface area (Å²) < 4.78 is 0. The van der Waals surface area contributed by atoms with Gasteiger partial charge in [-0.25, -0.2) is 4.98 Å². The van der Waals surface area contributed by atoms with Gasteiger partial charge in [0.15, 0.2) is 0 Å². The normalized spacial score (nSPS) is 10.6. The molecule has 0 saturated heterocycles. The molecule has 1 rings (SSSR count). The van der Waals surface area contributed by atoms with Crippen LogP contribution in [0.4, 0.5) is 11.5 Å². The third kappa shape index (κ3) is 3.67. The van der Waals surface area contributed by atoms with Gasteiger partial charge in [0.05, 0.1) is 4.92 Å². The highest BCUT2D eigenvalue weighted by atomic mass is 16.6. The van der Waals surface area contributed by atoms with Gasteiger partial charge in [-0.3, -0.25) is 10.1 Å². The van der Waals surface area contributed by atoms with E-state index in [-0.39, 0.29) is 5.69 Å². The lowest BCUT2D eigenvalue weighted by atomic mass is 10.2. The van der Waals surface area contributed by atoms with Crippen molar-refractivity contribution in [2.75, 3.05) is 39.1 Å². The summed E-state index contributed by atoms with van der Waals surface area (Å²) in [5.41, 5.74) is 0.700. The number of nitrogens with zero attached hydrogens (tertiary/aromatic N) is 4. The van der Waals surface area contributed by atoms with Gasteiger partial charge in [-0.05, 0) is 27.1 Å². The number of aromatic nitrogens is 1. The molecule has 0 N–H and O–H groups in total. The molecule has 1 aromatic rings. The van der Waals surface area contributed by atoms with E-state index >= 15 is 0 Å². The smallest absolute Gasteiger partial charge is 0.290 e. The molecule has 0 unspecified atom stereocenters. The number of pyridine rings is 1. The second-order valence-electron chi connectivity index (χ2n) is 4.31. The molecule has 94 valence electrons. The summed E-state index contributed by atoms with van der Waals surface area (Å²) in [5, 5.41) is 10.7. The minimum atomic E-state index is -0.411. The van der Waals surface area contributed by atoms with Crippen molar-refractivity contribution in [3.8, 4) is 0 Å². The number of aryl methyl sites for hydroxylation is 1. The maximum Gasteiger partial charge on any atom is 0.290 e. The molecule has 1 aromatic heterocycles. The average molecular weight is 238 g/mol. The van der Waals surface area contributed by atoms with Crippen LogP contribution in [0, 0.1) is 17.0 Å². The summed E-state index contributed by atoms with van der Waals surface area (Å²) >= 11 is 0. The second-order valence-corrected chi connectivity index (χ2v) is 4.31. The monoisotopic (exact) mass is 238 g/mol. The second kappa shape index (κ2) is 5.58. The number of hydrogen-bond donors (Lipinski definition) is 0. The van der Waals surface area contributed by atoms with Crippen LogP contribution in [0.5, 0.6) is 0 Å². The fourth-order valence-corrected chi connectivity index (χ4v) is 1.40. The quantitative estimate of drug-likeness (QED) is 0.571. The Morgan fingerprint density at radius 2 is 2.00 bits per heavy atom. The largest absolute Gasteiger partial charge is 0.358 e. The zero-order chi connectivity index (χ0) is 13.0. The van der Waals surface area contributed by atoms with Crippen LogP contribution in [0.3, 0.4) is 0 Å². The van der Waals surface area contributed by atoms with Crippen molar-refractivity contribution >= 4 is 11.5 Å². The van der Waals surface area contributed by atoms with Gasteiger partial charge in [0.2, 0.25) is 0 Å². The summed E-state index contributed by atoms with van der Waals surface area (Å²) in [7, 11) is 5.93. The maximum atomic E-state index is 10.7. The Morgan fingerprint density at radius 3 is 2.47 bits per heavy atom. The highest BCUT2D eigenvalue weighted by Crippen LogP contribution is 2.20. The molecule has 0 aliphatic heterocycles. The van der Waals surface area contributed by atoms with Crippen molar-refractivity contribution in [3.63, 3.8) is 0 Å². The van der Waals surface area contributed by atoms with E-state index < -0.39 is 4.92 Å². The van der Waals surface area contributed by atoms with Crippen LogP contribution < -0.4 is 4.90 Å². The molecule has 0 amide bonds. The number of anilines is 1. The van der Waals surface area contributed by atoms with Gasteiger partial charge >= 0.3 is 0 Å². The highest BCUT2D eigenvalue weighted by molar-refractivity contribution is 5.48. The van der Waals surface area contributed by atoms with Gasteiger partial charge in [0, 0.05) is 25.7 Å². The third-order valence-electron chi connectivity index (χ3n) is 2.54. The molecule has 1 heterocycles. The van der Waals surface area contributed by atoms with Crippen LogP contribution in [0.2, 0.25) is 0 Å². The van der Waals surface area contributed by atoms with Crippen LogP contribution >= 0.6 is 0 Å². The van der Waals surface area contributed by atoms with Gasteiger partial charge in [-0.1, -0.05) is 0 Å². The first kappa shape index (κ1) is 13.4. The molecular weight excluding hydrogens is 220 g/mol. The molecule has 0 bridgehead atoms. The van der Waals surface area contributed by atoms with Gasteiger partial charge in [0.1, 0.15) is 12.0 Å². The lowest BCUT2D eigenvalue weighted by Gasteiger charge is -2.20. The van der Waals surface area contributed by atoms with E-state index in [0.29, 0.717) is 5.56 Å². The van der Waals surface area contributed by atoms with Crippen molar-refractivity contribution in [3.05, 3.63) is 27.9 Å². The lowest BCUT2D eigenvalue weighted by Crippen LogP contribution is -2.29. The Kier molecular flexibility index (Phi) is 4.39. The van der Waals surface area contributed by atoms with E-state index in [2.05, 4.69) is 9.88 Å². The minimum Gasteiger partial charge on any atom is -0.358 e. The van der Waals surface area contributed by atoms with Gasteiger partial charge in [-0.2, -0.15) is 0 Å². The maximum absolute atomic E-state index is 10.7. The molecule has 0 aromatic carbocycles. The molecule has 6 nitrogen and oxygen atoms in total. The van der Waals surface area contributed by atoms with E-state index in [1.165, 1.54) is 6.20 Å². The van der Waals surface area contributed by atoms with Crippen LogP contribution in [0.15, 0.2) is 12.3 Å². The Labute approximate surface area is 101 Å². The summed E-state index contributed by atoms with van der Waals surface area (Å²) in [4.78, 5) is 18.4. The van der Waals surface area contributed by atoms with E-state index in [4.69, 9.17) is 0 Å². The first-order chi connectivity index (χ1) is 7.91. The fraction of sp³-hybridized carbons (Fsp3) is 0.545. The summed E-state index contributed by atoms with van der Waals surface area (Å²) in [6, 6.07) is 1.74. The molecule has 17 heavy (non-hydrogen) atoms. The van der Waals surface area contributed by atoms with Crippen molar-refractivity contribution in [2.45, 2.75) is 6.92 Å². The van der Waals surface area contributed by atoms with Crippen LogP contribution in [-0.4, -0.2) is 49.0 Å². The molecular formula is C11H18N4O2. The van der Waals surface area contributed by atoms with E-state index in [1.807, 2.05) is 26.0 Å². The lowest BCUT2D eigenvalue weighted by molar-refractivity contribution is -0.385. The molecule has 0 aliphatic carbocycles. The number of rotatable bonds is 5. The van der Waals surface area contributed by atoms with Gasteiger partial charge in [-0.15, -0.1) is 0 Å². The minimum absolute atomic E-state index is 0.0646. The first-order valence-corrected chi connectivity index (χ1v) is 5.38. The van der Waals surface area contributed by atoms with E-state index in [9.17, 15) is 10.1 Å². The zero-order valence-corrected chi connectivity index (χ0v) is 10.7. The summed E-state index contributed by atoms with van der Waals surface area (Å²) in [5.74, 6) is 0.759. The molecule has 0 atom stereocenters. The Bertz CT molecular complexity index is 406. The van der Waals surface area contributed by atoms with Crippen molar-refractivity contribution in [2.24, 2.45) is 0 Å². The van der Waals surface area contributed by atoms with E-state index in [0.717, 1.165) is 18.9 Å². The van der Waals surface area contributed by atoms with Crippen LogP contribution in [0.1, 0.15) is 5.56 Å². The highest BCUT2D eigenvalue weighted by Gasteiger charge is 2.13. The fourth-order valence-electron chi connectivity index (χ4n) is 1.40. The Hall–Kier alpha value is -1.69. The molecule has 0 spiro atoms. The molecule has 0 radical (unpaired) electrons. The third-order valence-corrected chi connectivity index (χ3v) is 2.54. The standard InChI is InChI=1S/C11H18N4O2/c1-9-7-11(12-8-10(9)15(16)17)14(4)6-5-13(2)3/h7-8H,5-6H2,1-4H3. The van der Waals surface area contributed by atoms with E-state index in [1.54, 1.807) is 13.0 Å². The Morgan fingerprint density at radius 1 is 1.35 bits per heavy atom. The zero-order valence-electron chi connectivity index (χ0n) is 10.7. The predicted molar refractivity (Wildman–Crippen MR) is 67.5 cm³/mol. The van der Waals surface area contributed by atoms with Crippen molar-refractivity contribution in [1.29, 1.82) is 0 Å². The molecule has 6 heteroatoms. The molecule has 0 saturated carbocycles. The van der Waals surface area contributed by atoms with Crippen molar-refractivity contribution in [1.82, 2.24) is 9.88 Å². The number of likely N-dealkylation sites (N-methyl/N-ethyl adjacent to an activating group) is 2. The molecule has 0 aliphatic rings. The Balaban J connectivity index is 2.79. The number of hydrogen-bond acceptors (Lipinski definition) is 5. The van der Waals surface area contributed by atoms with Crippen LogP contribution in [0.25, 0.3) is 0 Å². The summed E-state index contributed by atoms with van der Waals surface area (Å²) in [6.45, 7) is 3.47. The van der Waals surface area contributed by atoms with Crippen LogP contribution in [-0.2, 0) is 0 Å².